The number of piperidine rings is 1. The van der Waals surface area contributed by atoms with Gasteiger partial charge in [-0.1, -0.05) is 22.9 Å². The zero-order valence-electron chi connectivity index (χ0n) is 18.6. The van der Waals surface area contributed by atoms with Crippen LogP contribution in [0.25, 0.3) is 11.5 Å². The molecule has 32 heavy (non-hydrogen) atoms. The highest BCUT2D eigenvalue weighted by Crippen LogP contribution is 2.30. The third-order valence-corrected chi connectivity index (χ3v) is 5.67. The van der Waals surface area contributed by atoms with E-state index in [1.165, 1.54) is 5.56 Å². The Bertz CT molecular complexity index is 1060. The summed E-state index contributed by atoms with van der Waals surface area (Å²) in [5.41, 5.74) is 2.72. The largest absolute Gasteiger partial charge is 0.497 e. The summed E-state index contributed by atoms with van der Waals surface area (Å²) in [6.45, 7) is 4.12. The predicted molar refractivity (Wildman–Crippen MR) is 121 cm³/mol. The van der Waals surface area contributed by atoms with E-state index < -0.39 is 0 Å². The van der Waals surface area contributed by atoms with Gasteiger partial charge in [-0.2, -0.15) is 4.98 Å². The Kier molecular flexibility index (Phi) is 6.70. The van der Waals surface area contributed by atoms with Gasteiger partial charge >= 0.3 is 0 Å². The normalized spacial score (nSPS) is 16.5. The summed E-state index contributed by atoms with van der Waals surface area (Å²) in [7, 11) is 3.17. The second kappa shape index (κ2) is 9.82. The van der Waals surface area contributed by atoms with E-state index in [-0.39, 0.29) is 11.8 Å². The molecule has 8 heteroatoms. The fraction of sp³-hybridized carbons (Fsp3) is 0.375. The molecule has 1 atom stereocenters. The Labute approximate surface area is 187 Å². The molecule has 1 aliphatic rings. The maximum atomic E-state index is 12.9. The van der Waals surface area contributed by atoms with Crippen molar-refractivity contribution in [2.75, 3.05) is 32.6 Å². The van der Waals surface area contributed by atoms with Gasteiger partial charge in [-0.05, 0) is 50.6 Å². The van der Waals surface area contributed by atoms with Crippen LogP contribution in [0.2, 0.25) is 0 Å². The molecule has 1 aliphatic heterocycles. The molecule has 2 aromatic carbocycles. The van der Waals surface area contributed by atoms with Crippen molar-refractivity contribution in [3.05, 3.63) is 53.9 Å². The minimum Gasteiger partial charge on any atom is -0.497 e. The van der Waals surface area contributed by atoms with E-state index in [0.29, 0.717) is 42.0 Å². The van der Waals surface area contributed by atoms with Crippen molar-refractivity contribution >= 4 is 11.6 Å². The molecular formula is C24H28N4O4. The summed E-state index contributed by atoms with van der Waals surface area (Å²) in [5, 5.41) is 7.13. The van der Waals surface area contributed by atoms with Crippen molar-refractivity contribution < 1.29 is 18.8 Å². The highest BCUT2D eigenvalue weighted by Gasteiger charge is 2.27. The summed E-state index contributed by atoms with van der Waals surface area (Å²) in [6.07, 6.45) is 1.77. The zero-order chi connectivity index (χ0) is 22.5. The lowest BCUT2D eigenvalue weighted by atomic mass is 9.97. The van der Waals surface area contributed by atoms with Gasteiger partial charge in [0.1, 0.15) is 11.5 Å². The highest BCUT2D eigenvalue weighted by molar-refractivity contribution is 5.94. The van der Waals surface area contributed by atoms with Gasteiger partial charge in [-0.3, -0.25) is 9.69 Å². The van der Waals surface area contributed by atoms with Crippen molar-refractivity contribution in [1.29, 1.82) is 0 Å². The smallest absolute Gasteiger partial charge is 0.257 e. The number of ether oxygens (including phenoxy) is 2. The van der Waals surface area contributed by atoms with E-state index >= 15 is 0 Å². The number of carbonyl (C=O) groups excluding carboxylic acids is 1. The number of likely N-dealkylation sites (tertiary alicyclic amines) is 1. The highest BCUT2D eigenvalue weighted by atomic mass is 16.5. The van der Waals surface area contributed by atoms with Gasteiger partial charge in [-0.15, -0.1) is 0 Å². The average Bonchev–Trinajstić information content (AvgIpc) is 3.28. The van der Waals surface area contributed by atoms with Gasteiger partial charge in [0.25, 0.3) is 5.89 Å². The van der Waals surface area contributed by atoms with E-state index in [4.69, 9.17) is 14.0 Å². The topological polar surface area (TPSA) is 89.7 Å². The van der Waals surface area contributed by atoms with Crippen LogP contribution in [0.4, 0.5) is 5.69 Å². The summed E-state index contributed by atoms with van der Waals surface area (Å²) in [5.74, 6) is 2.23. The van der Waals surface area contributed by atoms with Crippen molar-refractivity contribution in [2.24, 2.45) is 5.92 Å². The third kappa shape index (κ3) is 5.08. The second-order valence-electron chi connectivity index (χ2n) is 8.01. The van der Waals surface area contributed by atoms with Crippen LogP contribution in [-0.2, 0) is 11.3 Å². The van der Waals surface area contributed by atoms with Crippen LogP contribution in [0.3, 0.4) is 0 Å². The molecule has 168 valence electrons. The lowest BCUT2D eigenvalue weighted by molar-refractivity contribution is -0.121. The van der Waals surface area contributed by atoms with Crippen LogP contribution < -0.4 is 14.8 Å². The van der Waals surface area contributed by atoms with Crippen molar-refractivity contribution in [3.63, 3.8) is 0 Å². The van der Waals surface area contributed by atoms with Gasteiger partial charge in [-0.25, -0.2) is 0 Å². The molecule has 0 bridgehead atoms. The molecule has 2 heterocycles. The number of nitrogens with zero attached hydrogens (tertiary/aromatic N) is 3. The fourth-order valence-corrected chi connectivity index (χ4v) is 3.88. The third-order valence-electron chi connectivity index (χ3n) is 5.67. The first-order valence-corrected chi connectivity index (χ1v) is 10.7. The maximum Gasteiger partial charge on any atom is 0.257 e. The first kappa shape index (κ1) is 21.8. The lowest BCUT2D eigenvalue weighted by Crippen LogP contribution is -2.40. The Morgan fingerprint density at radius 1 is 1.19 bits per heavy atom. The summed E-state index contributed by atoms with van der Waals surface area (Å²) < 4.78 is 16.0. The van der Waals surface area contributed by atoms with Crippen molar-refractivity contribution in [3.8, 4) is 23.0 Å². The second-order valence-corrected chi connectivity index (χ2v) is 8.01. The average molecular weight is 437 g/mol. The van der Waals surface area contributed by atoms with Gasteiger partial charge in [0.15, 0.2) is 5.82 Å². The molecule has 1 fully saturated rings. The van der Waals surface area contributed by atoms with E-state index in [1.54, 1.807) is 32.4 Å². The zero-order valence-corrected chi connectivity index (χ0v) is 18.6. The molecule has 0 aliphatic carbocycles. The Hall–Kier alpha value is -3.39. The summed E-state index contributed by atoms with van der Waals surface area (Å²) >= 11 is 0. The van der Waals surface area contributed by atoms with E-state index in [2.05, 4.69) is 20.4 Å². The van der Waals surface area contributed by atoms with Crippen LogP contribution in [0.15, 0.2) is 47.0 Å². The molecule has 8 nitrogen and oxygen atoms in total. The standard InChI is InChI=1S/C24H28N4O4/c1-16-6-8-17(9-7-16)24-26-22(27-32-24)15-28-12-4-5-18(14-28)23(29)25-20-11-10-19(30-2)13-21(20)31-3/h6-11,13,18H,4-5,12,14-15H2,1-3H3,(H,25,29)/t18-/m1/s1. The van der Waals surface area contributed by atoms with Gasteiger partial charge in [0.05, 0.1) is 32.4 Å². The number of carbonyl (C=O) groups is 1. The number of benzene rings is 2. The SMILES string of the molecule is COc1ccc(NC(=O)[C@@H]2CCCN(Cc3noc(-c4ccc(C)cc4)n3)C2)c(OC)c1. The van der Waals surface area contributed by atoms with Gasteiger partial charge in [0.2, 0.25) is 5.91 Å². The number of hydrogen-bond donors (Lipinski definition) is 1. The molecule has 0 unspecified atom stereocenters. The van der Waals surface area contributed by atoms with E-state index in [9.17, 15) is 4.79 Å². The predicted octanol–water partition coefficient (Wildman–Crippen LogP) is 3.91. The first-order valence-electron chi connectivity index (χ1n) is 10.7. The Morgan fingerprint density at radius 2 is 2.00 bits per heavy atom. The molecule has 1 amide bonds. The minimum atomic E-state index is -0.126. The maximum absolute atomic E-state index is 12.9. The number of anilines is 1. The number of methoxy groups -OCH3 is 2. The van der Waals surface area contributed by atoms with Crippen LogP contribution in [0, 0.1) is 12.8 Å². The molecule has 0 saturated carbocycles. The lowest BCUT2D eigenvalue weighted by Gasteiger charge is -2.31. The quantitative estimate of drug-likeness (QED) is 0.600. The molecular weight excluding hydrogens is 408 g/mol. The van der Waals surface area contributed by atoms with E-state index in [0.717, 1.165) is 24.9 Å². The Balaban J connectivity index is 1.37. The number of hydrogen-bond acceptors (Lipinski definition) is 7. The molecule has 0 spiro atoms. The number of aromatic nitrogens is 2. The first-order chi connectivity index (χ1) is 15.6. The van der Waals surface area contributed by atoms with Crippen LogP contribution in [-0.4, -0.2) is 48.3 Å². The molecule has 0 radical (unpaired) electrons. The number of rotatable bonds is 7. The van der Waals surface area contributed by atoms with Crippen molar-refractivity contribution in [2.45, 2.75) is 26.3 Å². The van der Waals surface area contributed by atoms with Crippen LogP contribution in [0.1, 0.15) is 24.2 Å². The number of amides is 1. The number of aryl methyl sites for hydroxylation is 1. The molecule has 1 saturated heterocycles. The molecule has 3 aromatic rings. The molecule has 1 aromatic heterocycles. The Morgan fingerprint density at radius 3 is 2.75 bits per heavy atom. The fourth-order valence-electron chi connectivity index (χ4n) is 3.88. The van der Waals surface area contributed by atoms with Crippen LogP contribution >= 0.6 is 0 Å². The molecule has 1 N–H and O–H groups in total. The van der Waals surface area contributed by atoms with Crippen LogP contribution in [0.5, 0.6) is 11.5 Å². The van der Waals surface area contributed by atoms with E-state index in [1.807, 2.05) is 31.2 Å². The van der Waals surface area contributed by atoms with Crippen molar-refractivity contribution in [1.82, 2.24) is 15.0 Å². The van der Waals surface area contributed by atoms with Gasteiger partial charge in [0, 0.05) is 18.2 Å². The summed E-state index contributed by atoms with van der Waals surface area (Å²) in [6, 6.07) is 13.3. The number of nitrogens with one attached hydrogen (secondary N) is 1. The summed E-state index contributed by atoms with van der Waals surface area (Å²) in [4.78, 5) is 19.7. The molecule has 4 rings (SSSR count). The van der Waals surface area contributed by atoms with Gasteiger partial charge < -0.3 is 19.3 Å². The monoisotopic (exact) mass is 436 g/mol. The minimum absolute atomic E-state index is 0.0216.